The summed E-state index contributed by atoms with van der Waals surface area (Å²) in [4.78, 5) is 11.1. The number of rotatable bonds is 6. The van der Waals surface area contributed by atoms with Crippen LogP contribution in [0.5, 0.6) is 11.5 Å². The molecule has 0 radical (unpaired) electrons. The van der Waals surface area contributed by atoms with Gasteiger partial charge in [-0.05, 0) is 24.5 Å². The molecule has 0 aliphatic heterocycles. The summed E-state index contributed by atoms with van der Waals surface area (Å²) in [6.07, 6.45) is 0.434. The largest absolute Gasteiger partial charge is 0.496 e. The van der Waals surface area contributed by atoms with Crippen molar-refractivity contribution in [3.8, 4) is 11.5 Å². The zero-order valence-corrected chi connectivity index (χ0v) is 12.2. The van der Waals surface area contributed by atoms with E-state index in [2.05, 4.69) is 13.8 Å². The molecule has 1 aromatic rings. The highest BCUT2D eigenvalue weighted by molar-refractivity contribution is 5.70. The van der Waals surface area contributed by atoms with Crippen molar-refractivity contribution in [3.05, 3.63) is 23.3 Å². The topological polar surface area (TPSA) is 55.8 Å². The number of benzene rings is 1. The summed E-state index contributed by atoms with van der Waals surface area (Å²) in [6, 6.07) is 3.69. The molecule has 0 aliphatic carbocycles. The van der Waals surface area contributed by atoms with Crippen molar-refractivity contribution in [1.29, 1.82) is 0 Å². The van der Waals surface area contributed by atoms with Crippen molar-refractivity contribution in [1.82, 2.24) is 0 Å². The third-order valence-electron chi connectivity index (χ3n) is 3.22. The first kappa shape index (κ1) is 15.3. The molecule has 1 rings (SSSR count). The van der Waals surface area contributed by atoms with Gasteiger partial charge in [0.15, 0.2) is 0 Å². The van der Waals surface area contributed by atoms with E-state index in [4.69, 9.17) is 14.6 Å². The van der Waals surface area contributed by atoms with Gasteiger partial charge in [-0.3, -0.25) is 4.79 Å². The Bertz CT molecular complexity index is 452. The first-order chi connectivity index (χ1) is 8.92. The number of methoxy groups -OCH3 is 2. The fourth-order valence-electron chi connectivity index (χ4n) is 2.23. The molecule has 0 aliphatic rings. The zero-order valence-electron chi connectivity index (χ0n) is 12.2. The second-order valence-corrected chi connectivity index (χ2v) is 4.96. The number of ether oxygens (including phenoxy) is 2. The van der Waals surface area contributed by atoms with Crippen LogP contribution in [0.3, 0.4) is 0 Å². The van der Waals surface area contributed by atoms with Crippen LogP contribution in [0, 0.1) is 5.92 Å². The summed E-state index contributed by atoms with van der Waals surface area (Å²) >= 11 is 0. The lowest BCUT2D eigenvalue weighted by atomic mass is 9.89. The van der Waals surface area contributed by atoms with Gasteiger partial charge in [-0.2, -0.15) is 0 Å². The van der Waals surface area contributed by atoms with Crippen LogP contribution in [0.25, 0.3) is 0 Å². The minimum Gasteiger partial charge on any atom is -0.496 e. The van der Waals surface area contributed by atoms with E-state index in [9.17, 15) is 4.79 Å². The third-order valence-corrected chi connectivity index (χ3v) is 3.22. The number of carboxylic acids is 1. The van der Waals surface area contributed by atoms with Gasteiger partial charge in [-0.1, -0.05) is 20.8 Å². The summed E-state index contributed by atoms with van der Waals surface area (Å²) in [5.41, 5.74) is 1.95. The Kier molecular flexibility index (Phi) is 5.21. The maximum absolute atomic E-state index is 11.1. The minimum absolute atomic E-state index is 0.237. The third kappa shape index (κ3) is 3.40. The second kappa shape index (κ2) is 6.45. The smallest absolute Gasteiger partial charge is 0.306 e. The first-order valence-corrected chi connectivity index (χ1v) is 6.38. The molecule has 1 N–H and O–H groups in total. The van der Waals surface area contributed by atoms with E-state index in [1.165, 1.54) is 0 Å². The van der Waals surface area contributed by atoms with Crippen molar-refractivity contribution < 1.29 is 19.4 Å². The molecular formula is C15H22O4. The van der Waals surface area contributed by atoms with Gasteiger partial charge in [0.1, 0.15) is 11.5 Å². The van der Waals surface area contributed by atoms with Crippen LogP contribution in [0.2, 0.25) is 0 Å². The van der Waals surface area contributed by atoms with Gasteiger partial charge in [0, 0.05) is 11.1 Å². The van der Waals surface area contributed by atoms with Crippen molar-refractivity contribution >= 4 is 5.97 Å². The number of carboxylic acid groups (broad SMARTS) is 1. The quantitative estimate of drug-likeness (QED) is 0.859. The molecule has 4 nitrogen and oxygen atoms in total. The number of hydrogen-bond acceptors (Lipinski definition) is 3. The molecule has 0 spiro atoms. The fourth-order valence-corrected chi connectivity index (χ4v) is 2.23. The van der Waals surface area contributed by atoms with Crippen molar-refractivity contribution in [3.63, 3.8) is 0 Å². The van der Waals surface area contributed by atoms with Crippen molar-refractivity contribution in [2.45, 2.75) is 33.1 Å². The van der Waals surface area contributed by atoms with Crippen LogP contribution in [-0.2, 0) is 11.2 Å². The van der Waals surface area contributed by atoms with E-state index in [0.717, 1.165) is 22.6 Å². The van der Waals surface area contributed by atoms with Gasteiger partial charge < -0.3 is 14.6 Å². The molecule has 0 amide bonds. The standard InChI is InChI=1S/C15H22O4/c1-9(2)14-11(8-10(3)15(16)17)12(18-4)6-7-13(14)19-5/h6-7,9-10H,8H2,1-5H3,(H,16,17). The summed E-state index contributed by atoms with van der Waals surface area (Å²) < 4.78 is 10.8. The van der Waals surface area contributed by atoms with Gasteiger partial charge in [0.05, 0.1) is 20.1 Å². The van der Waals surface area contributed by atoms with Crippen LogP contribution in [-0.4, -0.2) is 25.3 Å². The number of aliphatic carboxylic acids is 1. The van der Waals surface area contributed by atoms with Crippen molar-refractivity contribution in [2.75, 3.05) is 14.2 Å². The Balaban J connectivity index is 3.34. The van der Waals surface area contributed by atoms with E-state index in [0.29, 0.717) is 6.42 Å². The SMILES string of the molecule is COc1ccc(OC)c(C(C)C)c1CC(C)C(=O)O. The average molecular weight is 266 g/mol. The lowest BCUT2D eigenvalue weighted by Gasteiger charge is -2.21. The van der Waals surface area contributed by atoms with E-state index in [-0.39, 0.29) is 5.92 Å². The molecule has 0 bridgehead atoms. The molecule has 1 aromatic carbocycles. The monoisotopic (exact) mass is 266 g/mol. The molecule has 19 heavy (non-hydrogen) atoms. The summed E-state index contributed by atoms with van der Waals surface area (Å²) in [5, 5.41) is 9.09. The van der Waals surface area contributed by atoms with Gasteiger partial charge in [0.25, 0.3) is 0 Å². The highest BCUT2D eigenvalue weighted by atomic mass is 16.5. The van der Waals surface area contributed by atoms with Gasteiger partial charge in [-0.25, -0.2) is 0 Å². The van der Waals surface area contributed by atoms with Crippen LogP contribution in [0.1, 0.15) is 37.8 Å². The fraction of sp³-hybridized carbons (Fsp3) is 0.533. The maximum atomic E-state index is 11.1. The van der Waals surface area contributed by atoms with Crippen molar-refractivity contribution in [2.24, 2.45) is 5.92 Å². The first-order valence-electron chi connectivity index (χ1n) is 6.38. The van der Waals surface area contributed by atoms with Gasteiger partial charge >= 0.3 is 5.97 Å². The summed E-state index contributed by atoms with van der Waals surface area (Å²) in [5.74, 6) is 0.472. The molecule has 106 valence electrons. The Labute approximate surface area is 114 Å². The predicted molar refractivity (Wildman–Crippen MR) is 74.1 cm³/mol. The molecule has 0 heterocycles. The van der Waals surface area contributed by atoms with Crippen LogP contribution >= 0.6 is 0 Å². The van der Waals surface area contributed by atoms with Crippen LogP contribution in [0.15, 0.2) is 12.1 Å². The van der Waals surface area contributed by atoms with Gasteiger partial charge in [0.2, 0.25) is 0 Å². The van der Waals surface area contributed by atoms with E-state index >= 15 is 0 Å². The zero-order chi connectivity index (χ0) is 14.6. The number of hydrogen-bond donors (Lipinski definition) is 1. The molecule has 0 aromatic heterocycles. The van der Waals surface area contributed by atoms with E-state index in [1.54, 1.807) is 21.1 Å². The Morgan fingerprint density at radius 2 is 1.68 bits per heavy atom. The molecule has 4 heteroatoms. The second-order valence-electron chi connectivity index (χ2n) is 4.96. The average Bonchev–Trinajstić information content (AvgIpc) is 2.37. The van der Waals surface area contributed by atoms with E-state index < -0.39 is 11.9 Å². The molecule has 0 saturated heterocycles. The molecular weight excluding hydrogens is 244 g/mol. The van der Waals surface area contributed by atoms with Crippen LogP contribution < -0.4 is 9.47 Å². The maximum Gasteiger partial charge on any atom is 0.306 e. The predicted octanol–water partition coefficient (Wildman–Crippen LogP) is 3.09. The molecule has 1 unspecified atom stereocenters. The molecule has 0 fully saturated rings. The summed E-state index contributed by atoms with van der Waals surface area (Å²) in [6.45, 7) is 5.82. The highest BCUT2D eigenvalue weighted by Gasteiger charge is 2.21. The Hall–Kier alpha value is -1.71. The highest BCUT2D eigenvalue weighted by Crippen LogP contribution is 2.37. The van der Waals surface area contributed by atoms with Gasteiger partial charge in [-0.15, -0.1) is 0 Å². The Morgan fingerprint density at radius 3 is 2.11 bits per heavy atom. The Morgan fingerprint density at radius 1 is 1.16 bits per heavy atom. The van der Waals surface area contributed by atoms with Crippen LogP contribution in [0.4, 0.5) is 0 Å². The molecule has 1 atom stereocenters. The summed E-state index contributed by atoms with van der Waals surface area (Å²) in [7, 11) is 3.22. The lowest BCUT2D eigenvalue weighted by Crippen LogP contribution is -2.15. The molecule has 0 saturated carbocycles. The number of carbonyl (C=O) groups is 1. The lowest BCUT2D eigenvalue weighted by molar-refractivity contribution is -0.141. The van der Waals surface area contributed by atoms with E-state index in [1.807, 2.05) is 12.1 Å². The normalized spacial score (nSPS) is 12.3. The minimum atomic E-state index is -0.806.